The molecule has 0 amide bonds. The van der Waals surface area contributed by atoms with E-state index in [2.05, 4.69) is 19.7 Å². The van der Waals surface area contributed by atoms with Crippen molar-refractivity contribution in [2.75, 3.05) is 0 Å². The first-order valence-corrected chi connectivity index (χ1v) is 8.39. The van der Waals surface area contributed by atoms with E-state index in [4.69, 9.17) is 0 Å². The van der Waals surface area contributed by atoms with Crippen LogP contribution in [0, 0.1) is 5.82 Å². The van der Waals surface area contributed by atoms with Crippen LogP contribution in [0.15, 0.2) is 62.2 Å². The Hall–Kier alpha value is -1.41. The zero-order chi connectivity index (χ0) is 12.7. The van der Waals surface area contributed by atoms with Crippen LogP contribution in [0.5, 0.6) is 0 Å². The fourth-order valence-corrected chi connectivity index (χ4v) is 5.97. The highest BCUT2D eigenvalue weighted by Gasteiger charge is 2.30. The standard InChI is InChI=1S/C15H19FSi/c1-4-11-17(12-5-2,13-6-3)15-9-7-14(16)8-10-15/h4-10H,1-3,11-13H2. The summed E-state index contributed by atoms with van der Waals surface area (Å²) in [6, 6.07) is 9.78. The van der Waals surface area contributed by atoms with Gasteiger partial charge in [0.25, 0.3) is 0 Å². The molecule has 0 aliphatic heterocycles. The van der Waals surface area contributed by atoms with Crippen molar-refractivity contribution in [3.8, 4) is 0 Å². The van der Waals surface area contributed by atoms with Crippen LogP contribution in [0.25, 0.3) is 0 Å². The van der Waals surface area contributed by atoms with Gasteiger partial charge in [0.2, 0.25) is 0 Å². The highest BCUT2D eigenvalue weighted by atomic mass is 28.3. The summed E-state index contributed by atoms with van der Waals surface area (Å²) in [7, 11) is -1.72. The molecule has 0 aliphatic carbocycles. The van der Waals surface area contributed by atoms with Gasteiger partial charge >= 0.3 is 0 Å². The smallest absolute Gasteiger partial charge is 0.123 e. The monoisotopic (exact) mass is 246 g/mol. The van der Waals surface area contributed by atoms with Gasteiger partial charge < -0.3 is 0 Å². The summed E-state index contributed by atoms with van der Waals surface area (Å²) in [6.07, 6.45) is 5.88. The van der Waals surface area contributed by atoms with Crippen LogP contribution in [0.3, 0.4) is 0 Å². The van der Waals surface area contributed by atoms with Gasteiger partial charge in [0.1, 0.15) is 5.82 Å². The molecule has 0 aliphatic rings. The number of hydrogen-bond donors (Lipinski definition) is 0. The Morgan fingerprint density at radius 2 is 1.29 bits per heavy atom. The van der Waals surface area contributed by atoms with Gasteiger partial charge in [-0.3, -0.25) is 0 Å². The molecule has 0 radical (unpaired) electrons. The van der Waals surface area contributed by atoms with E-state index in [1.807, 2.05) is 30.4 Å². The minimum absolute atomic E-state index is 0.188. The fourth-order valence-electron chi connectivity index (χ4n) is 2.24. The molecule has 0 nitrogen and oxygen atoms in total. The molecule has 0 saturated heterocycles. The number of hydrogen-bond acceptors (Lipinski definition) is 0. The van der Waals surface area contributed by atoms with Crippen molar-refractivity contribution in [3.63, 3.8) is 0 Å². The third-order valence-electron chi connectivity index (χ3n) is 3.06. The molecule has 1 rings (SSSR count). The minimum atomic E-state index is -1.72. The first-order valence-electron chi connectivity index (χ1n) is 5.77. The van der Waals surface area contributed by atoms with Crippen molar-refractivity contribution >= 4 is 13.3 Å². The number of benzene rings is 1. The lowest BCUT2D eigenvalue weighted by Crippen LogP contribution is -2.46. The lowest BCUT2D eigenvalue weighted by atomic mass is 10.3. The van der Waals surface area contributed by atoms with Crippen LogP contribution in [0.2, 0.25) is 18.1 Å². The molecular weight excluding hydrogens is 227 g/mol. The third-order valence-corrected chi connectivity index (χ3v) is 7.83. The second-order valence-electron chi connectivity index (χ2n) is 4.27. The average molecular weight is 246 g/mol. The van der Waals surface area contributed by atoms with Crippen molar-refractivity contribution in [2.45, 2.75) is 18.1 Å². The second-order valence-corrected chi connectivity index (χ2v) is 8.63. The second kappa shape index (κ2) is 6.35. The molecular formula is C15H19FSi. The van der Waals surface area contributed by atoms with E-state index in [0.29, 0.717) is 0 Å². The molecule has 0 saturated carbocycles. The highest BCUT2D eigenvalue weighted by molar-refractivity contribution is 6.92. The molecule has 0 spiro atoms. The molecule has 2 heteroatoms. The molecule has 0 fully saturated rings. The van der Waals surface area contributed by atoms with Gasteiger partial charge in [0, 0.05) is 0 Å². The summed E-state index contributed by atoms with van der Waals surface area (Å²) in [5, 5.41) is 1.25. The molecule has 0 unspecified atom stereocenters. The Balaban J connectivity index is 3.17. The molecule has 0 N–H and O–H groups in total. The van der Waals surface area contributed by atoms with Crippen LogP contribution in [0.1, 0.15) is 0 Å². The first kappa shape index (κ1) is 13.7. The number of allylic oxidation sites excluding steroid dienone is 3. The van der Waals surface area contributed by atoms with Crippen LogP contribution in [-0.2, 0) is 0 Å². The van der Waals surface area contributed by atoms with Gasteiger partial charge in [-0.15, -0.1) is 19.7 Å². The van der Waals surface area contributed by atoms with E-state index in [9.17, 15) is 4.39 Å². The fraction of sp³-hybridized carbons (Fsp3) is 0.200. The molecule has 0 atom stereocenters. The lowest BCUT2D eigenvalue weighted by Gasteiger charge is -2.29. The van der Waals surface area contributed by atoms with Gasteiger partial charge in [-0.05, 0) is 30.3 Å². The molecule has 90 valence electrons. The van der Waals surface area contributed by atoms with Crippen LogP contribution >= 0.6 is 0 Å². The summed E-state index contributed by atoms with van der Waals surface area (Å²) in [5.41, 5.74) is 0. The van der Waals surface area contributed by atoms with E-state index in [0.717, 1.165) is 18.1 Å². The first-order chi connectivity index (χ1) is 8.18. The van der Waals surface area contributed by atoms with E-state index >= 15 is 0 Å². The third kappa shape index (κ3) is 3.27. The zero-order valence-corrected chi connectivity index (χ0v) is 11.2. The normalized spacial score (nSPS) is 10.9. The van der Waals surface area contributed by atoms with Crippen molar-refractivity contribution in [3.05, 3.63) is 68.0 Å². The SMILES string of the molecule is C=CC[Si](CC=C)(CC=C)c1ccc(F)cc1. The Bertz CT molecular complexity index is 365. The Morgan fingerprint density at radius 3 is 1.65 bits per heavy atom. The molecule has 17 heavy (non-hydrogen) atoms. The lowest BCUT2D eigenvalue weighted by molar-refractivity contribution is 0.628. The summed E-state index contributed by atoms with van der Waals surface area (Å²) in [5.74, 6) is -0.188. The molecule has 0 bridgehead atoms. The van der Waals surface area contributed by atoms with Gasteiger partial charge in [0.15, 0.2) is 0 Å². The van der Waals surface area contributed by atoms with Crippen LogP contribution in [0.4, 0.5) is 4.39 Å². The molecule has 1 aromatic carbocycles. The Morgan fingerprint density at radius 1 is 0.882 bits per heavy atom. The van der Waals surface area contributed by atoms with Gasteiger partial charge in [-0.2, -0.15) is 0 Å². The quantitative estimate of drug-likeness (QED) is 0.503. The van der Waals surface area contributed by atoms with E-state index in [-0.39, 0.29) is 5.82 Å². The number of halogens is 1. The van der Waals surface area contributed by atoms with Crippen LogP contribution < -0.4 is 5.19 Å². The van der Waals surface area contributed by atoms with Crippen molar-refractivity contribution in [2.24, 2.45) is 0 Å². The maximum absolute atomic E-state index is 13.0. The maximum Gasteiger partial charge on any atom is 0.123 e. The molecule has 1 aromatic rings. The van der Waals surface area contributed by atoms with Gasteiger partial charge in [-0.25, -0.2) is 4.39 Å². The summed E-state index contributed by atoms with van der Waals surface area (Å²) < 4.78 is 13.0. The molecule has 0 heterocycles. The summed E-state index contributed by atoms with van der Waals surface area (Å²) in [4.78, 5) is 0. The van der Waals surface area contributed by atoms with Crippen molar-refractivity contribution < 1.29 is 4.39 Å². The van der Waals surface area contributed by atoms with E-state index < -0.39 is 8.07 Å². The van der Waals surface area contributed by atoms with Crippen molar-refractivity contribution in [1.29, 1.82) is 0 Å². The molecule has 0 aromatic heterocycles. The minimum Gasteiger partial charge on any atom is -0.207 e. The van der Waals surface area contributed by atoms with Crippen molar-refractivity contribution in [1.82, 2.24) is 0 Å². The highest BCUT2D eigenvalue weighted by Crippen LogP contribution is 2.22. The van der Waals surface area contributed by atoms with E-state index in [1.54, 1.807) is 0 Å². The Kier molecular flexibility index (Phi) is 5.10. The predicted molar refractivity (Wildman–Crippen MR) is 76.8 cm³/mol. The van der Waals surface area contributed by atoms with Gasteiger partial charge in [-0.1, -0.05) is 35.5 Å². The Labute approximate surface area is 104 Å². The largest absolute Gasteiger partial charge is 0.207 e. The van der Waals surface area contributed by atoms with Crippen LogP contribution in [-0.4, -0.2) is 8.07 Å². The maximum atomic E-state index is 13.0. The zero-order valence-electron chi connectivity index (χ0n) is 10.2. The summed E-state index contributed by atoms with van der Waals surface area (Å²) in [6.45, 7) is 11.5. The van der Waals surface area contributed by atoms with Gasteiger partial charge in [0.05, 0.1) is 8.07 Å². The summed E-state index contributed by atoms with van der Waals surface area (Å²) >= 11 is 0. The number of rotatable bonds is 7. The topological polar surface area (TPSA) is 0 Å². The average Bonchev–Trinajstić information content (AvgIpc) is 2.30. The predicted octanol–water partition coefficient (Wildman–Crippen LogP) is 4.04. The van der Waals surface area contributed by atoms with E-state index in [1.165, 1.54) is 17.3 Å².